The molecule has 2 unspecified atom stereocenters. The first-order valence-corrected chi connectivity index (χ1v) is 8.95. The van der Waals surface area contributed by atoms with Gasteiger partial charge in [-0.1, -0.05) is 30.7 Å². The summed E-state index contributed by atoms with van der Waals surface area (Å²) in [6, 6.07) is 10.6. The highest BCUT2D eigenvalue weighted by molar-refractivity contribution is 5.31. The lowest BCUT2D eigenvalue weighted by Gasteiger charge is -2.22. The van der Waals surface area contributed by atoms with Gasteiger partial charge in [0.25, 0.3) is 0 Å². The van der Waals surface area contributed by atoms with E-state index in [2.05, 4.69) is 34.5 Å². The molecule has 114 valence electrons. The molecule has 21 heavy (non-hydrogen) atoms. The highest BCUT2D eigenvalue weighted by Gasteiger charge is 2.34. The van der Waals surface area contributed by atoms with Crippen LogP contribution in [0.25, 0.3) is 0 Å². The monoisotopic (exact) mass is 284 g/mol. The normalized spacial score (nSPS) is 30.1. The molecule has 2 nitrogen and oxygen atoms in total. The van der Waals surface area contributed by atoms with Crippen molar-refractivity contribution >= 4 is 0 Å². The topological polar surface area (TPSA) is 15.3 Å². The minimum atomic E-state index is 0.596. The van der Waals surface area contributed by atoms with Gasteiger partial charge in [0.2, 0.25) is 0 Å². The van der Waals surface area contributed by atoms with Crippen LogP contribution in [0.2, 0.25) is 0 Å². The molecule has 0 spiro atoms. The minimum absolute atomic E-state index is 0.596. The summed E-state index contributed by atoms with van der Waals surface area (Å²) in [7, 11) is 0. The van der Waals surface area contributed by atoms with E-state index in [0.717, 1.165) is 12.0 Å². The Morgan fingerprint density at radius 1 is 1.05 bits per heavy atom. The lowest BCUT2D eigenvalue weighted by molar-refractivity contribution is 0.308. The Bertz CT molecular complexity index is 480. The summed E-state index contributed by atoms with van der Waals surface area (Å²) in [5.41, 5.74) is 3.16. The van der Waals surface area contributed by atoms with E-state index in [-0.39, 0.29) is 0 Å². The van der Waals surface area contributed by atoms with Gasteiger partial charge in [-0.05, 0) is 68.7 Å². The zero-order chi connectivity index (χ0) is 14.1. The van der Waals surface area contributed by atoms with Gasteiger partial charge in [0, 0.05) is 18.6 Å². The van der Waals surface area contributed by atoms with Crippen LogP contribution in [-0.4, -0.2) is 30.6 Å². The van der Waals surface area contributed by atoms with Crippen LogP contribution in [-0.2, 0) is 6.42 Å². The molecule has 0 aromatic heterocycles. The summed E-state index contributed by atoms with van der Waals surface area (Å²) in [6.07, 6.45) is 9.62. The number of aryl methyl sites for hydroxylation is 1. The number of fused-ring (bicyclic) bond motifs is 1. The van der Waals surface area contributed by atoms with Crippen LogP contribution in [0, 0.1) is 5.92 Å². The molecule has 0 amide bonds. The van der Waals surface area contributed by atoms with E-state index in [9.17, 15) is 0 Å². The third-order valence-corrected chi connectivity index (χ3v) is 5.65. The van der Waals surface area contributed by atoms with Crippen molar-refractivity contribution in [1.82, 2.24) is 10.2 Å². The molecule has 1 aliphatic heterocycles. The van der Waals surface area contributed by atoms with Crippen LogP contribution in [0.1, 0.15) is 55.7 Å². The van der Waals surface area contributed by atoms with Crippen LogP contribution >= 0.6 is 0 Å². The zero-order valence-electron chi connectivity index (χ0n) is 13.1. The summed E-state index contributed by atoms with van der Waals surface area (Å²) in [4.78, 5) is 2.73. The molecule has 0 radical (unpaired) electrons. The maximum Gasteiger partial charge on any atom is 0.0323 e. The summed E-state index contributed by atoms with van der Waals surface area (Å²) in [5.74, 6) is 0.876. The van der Waals surface area contributed by atoms with Gasteiger partial charge in [0.15, 0.2) is 0 Å². The van der Waals surface area contributed by atoms with Gasteiger partial charge in [0.1, 0.15) is 0 Å². The third kappa shape index (κ3) is 3.17. The average Bonchev–Trinajstić information content (AvgIpc) is 3.29. The summed E-state index contributed by atoms with van der Waals surface area (Å²) >= 11 is 0. The SMILES string of the molecule is c1ccc2c(c1)CCCCC2NCC1CCN(C2CC2)C1. The second-order valence-corrected chi connectivity index (χ2v) is 7.29. The van der Waals surface area contributed by atoms with E-state index in [1.807, 2.05) is 0 Å². The number of nitrogens with zero attached hydrogens (tertiary/aromatic N) is 1. The fraction of sp³-hybridized carbons (Fsp3) is 0.684. The van der Waals surface area contributed by atoms with Crippen molar-refractivity contribution in [3.8, 4) is 0 Å². The van der Waals surface area contributed by atoms with Gasteiger partial charge in [-0.15, -0.1) is 0 Å². The van der Waals surface area contributed by atoms with Crippen LogP contribution in [0.4, 0.5) is 0 Å². The molecule has 3 aliphatic rings. The maximum atomic E-state index is 3.91. The quantitative estimate of drug-likeness (QED) is 0.851. The van der Waals surface area contributed by atoms with E-state index in [0.29, 0.717) is 6.04 Å². The zero-order valence-corrected chi connectivity index (χ0v) is 13.1. The standard InChI is InChI=1S/C19H28N2/c1-3-7-18-16(5-1)6-2-4-8-19(18)20-13-15-11-12-21(14-15)17-9-10-17/h1,3,5,7,15,17,19-20H,2,4,6,8-14H2. The number of hydrogen-bond acceptors (Lipinski definition) is 2. The van der Waals surface area contributed by atoms with Gasteiger partial charge >= 0.3 is 0 Å². The van der Waals surface area contributed by atoms with Gasteiger partial charge in [0.05, 0.1) is 0 Å². The molecule has 2 atom stereocenters. The Morgan fingerprint density at radius 3 is 2.86 bits per heavy atom. The summed E-state index contributed by atoms with van der Waals surface area (Å²) < 4.78 is 0. The van der Waals surface area contributed by atoms with E-state index in [4.69, 9.17) is 0 Å². The molecule has 1 N–H and O–H groups in total. The molecule has 1 aromatic carbocycles. The van der Waals surface area contributed by atoms with Gasteiger partial charge < -0.3 is 10.2 Å². The number of nitrogens with one attached hydrogen (secondary N) is 1. The first-order chi connectivity index (χ1) is 10.4. The molecule has 2 fully saturated rings. The van der Waals surface area contributed by atoms with E-state index >= 15 is 0 Å². The fourth-order valence-electron chi connectivity index (χ4n) is 4.24. The molecular weight excluding hydrogens is 256 g/mol. The Balaban J connectivity index is 1.36. The number of likely N-dealkylation sites (tertiary alicyclic amines) is 1. The van der Waals surface area contributed by atoms with Crippen LogP contribution in [0.15, 0.2) is 24.3 Å². The number of rotatable bonds is 4. The number of hydrogen-bond donors (Lipinski definition) is 1. The lowest BCUT2D eigenvalue weighted by atomic mass is 9.98. The highest BCUT2D eigenvalue weighted by Crippen LogP contribution is 2.32. The Hall–Kier alpha value is -0.860. The van der Waals surface area contributed by atoms with Crippen molar-refractivity contribution in [2.75, 3.05) is 19.6 Å². The van der Waals surface area contributed by atoms with Crippen molar-refractivity contribution < 1.29 is 0 Å². The Kier molecular flexibility index (Phi) is 4.00. The van der Waals surface area contributed by atoms with Crippen molar-refractivity contribution in [2.24, 2.45) is 5.92 Å². The van der Waals surface area contributed by atoms with E-state index in [1.165, 1.54) is 64.6 Å². The molecule has 1 saturated heterocycles. The smallest absolute Gasteiger partial charge is 0.0323 e. The molecule has 4 rings (SSSR count). The van der Waals surface area contributed by atoms with Crippen LogP contribution in [0.3, 0.4) is 0 Å². The second kappa shape index (κ2) is 6.10. The second-order valence-electron chi connectivity index (χ2n) is 7.29. The van der Waals surface area contributed by atoms with Crippen molar-refractivity contribution in [3.63, 3.8) is 0 Å². The maximum absolute atomic E-state index is 3.91. The first kappa shape index (κ1) is 13.8. The number of benzene rings is 1. The highest BCUT2D eigenvalue weighted by atomic mass is 15.2. The molecule has 0 bridgehead atoms. The van der Waals surface area contributed by atoms with Crippen LogP contribution in [0.5, 0.6) is 0 Å². The minimum Gasteiger partial charge on any atom is -0.310 e. The molecular formula is C19H28N2. The fourth-order valence-corrected chi connectivity index (χ4v) is 4.24. The Labute approximate surface area is 128 Å². The largest absolute Gasteiger partial charge is 0.310 e. The molecule has 1 aromatic rings. The molecule has 1 heterocycles. The van der Waals surface area contributed by atoms with Gasteiger partial charge in [-0.3, -0.25) is 0 Å². The van der Waals surface area contributed by atoms with Gasteiger partial charge in [-0.2, -0.15) is 0 Å². The summed E-state index contributed by atoms with van der Waals surface area (Å²) in [6.45, 7) is 3.90. The van der Waals surface area contributed by atoms with Crippen molar-refractivity contribution in [3.05, 3.63) is 35.4 Å². The van der Waals surface area contributed by atoms with E-state index in [1.54, 1.807) is 11.1 Å². The summed E-state index contributed by atoms with van der Waals surface area (Å²) in [5, 5.41) is 3.91. The predicted molar refractivity (Wildman–Crippen MR) is 87.4 cm³/mol. The van der Waals surface area contributed by atoms with E-state index < -0.39 is 0 Å². The molecule has 1 saturated carbocycles. The van der Waals surface area contributed by atoms with Crippen LogP contribution < -0.4 is 5.32 Å². The molecule has 2 heteroatoms. The Morgan fingerprint density at radius 2 is 1.95 bits per heavy atom. The first-order valence-electron chi connectivity index (χ1n) is 8.95. The van der Waals surface area contributed by atoms with Crippen molar-refractivity contribution in [1.29, 1.82) is 0 Å². The lowest BCUT2D eigenvalue weighted by Crippen LogP contribution is -2.30. The van der Waals surface area contributed by atoms with Gasteiger partial charge in [-0.25, -0.2) is 0 Å². The predicted octanol–water partition coefficient (Wildman–Crippen LogP) is 3.53. The third-order valence-electron chi connectivity index (χ3n) is 5.65. The van der Waals surface area contributed by atoms with Crippen molar-refractivity contribution in [2.45, 2.75) is 57.0 Å². The molecule has 2 aliphatic carbocycles. The average molecular weight is 284 g/mol.